The summed E-state index contributed by atoms with van der Waals surface area (Å²) in [5.41, 5.74) is -0.733. The van der Waals surface area contributed by atoms with Gasteiger partial charge in [-0.3, -0.25) is 5.32 Å². The van der Waals surface area contributed by atoms with E-state index in [9.17, 15) is 19.1 Å². The van der Waals surface area contributed by atoms with Crippen molar-refractivity contribution < 1.29 is 28.6 Å². The van der Waals surface area contributed by atoms with Crippen molar-refractivity contribution >= 4 is 29.7 Å². The maximum Gasteiger partial charge on any atom is 0.410 e. The second-order valence-corrected chi connectivity index (χ2v) is 12.8. The van der Waals surface area contributed by atoms with Crippen LogP contribution in [-0.2, 0) is 9.47 Å². The van der Waals surface area contributed by atoms with E-state index in [4.69, 9.17) is 19.4 Å². The van der Waals surface area contributed by atoms with Crippen molar-refractivity contribution in [1.29, 1.82) is 0 Å². The van der Waals surface area contributed by atoms with Gasteiger partial charge in [-0.05, 0) is 39.5 Å². The lowest BCUT2D eigenvalue weighted by Crippen LogP contribution is -2.64. The number of aromatic nitrogens is 4. The van der Waals surface area contributed by atoms with E-state index < -0.39 is 36.3 Å². The van der Waals surface area contributed by atoms with E-state index in [-0.39, 0.29) is 31.1 Å². The molecule has 3 aliphatic heterocycles. The van der Waals surface area contributed by atoms with Crippen LogP contribution in [0.4, 0.5) is 25.9 Å². The average molecular weight is 592 g/mol. The van der Waals surface area contributed by atoms with Crippen LogP contribution in [0.25, 0.3) is 5.65 Å². The van der Waals surface area contributed by atoms with Crippen molar-refractivity contribution in [1.82, 2.24) is 34.7 Å². The number of piperidine rings is 1. The zero-order valence-electron chi connectivity index (χ0n) is 24.9. The minimum Gasteiger partial charge on any atom is -0.446 e. The van der Waals surface area contributed by atoms with E-state index >= 15 is 0 Å². The standard InChI is InChI=1S/C27H42FN9O5/c1-16(2)19-12-30-37-21(19)33-22(31-18-10-20(38)29-11-18)34-23(37)32-17-6-8-35(9-7-17)24(39)41-15-27(28)13-36(14-27)25(40)42-26(3,4)5/h12,16-18,20,29,38H,6-11,13-15H2,1-5H3,(H2,31,32,33,34)/t18-,20-/m0/s1. The Morgan fingerprint density at radius 1 is 1.14 bits per heavy atom. The Kier molecular flexibility index (Phi) is 8.34. The molecule has 0 bridgehead atoms. The van der Waals surface area contributed by atoms with Crippen molar-refractivity contribution in [3.05, 3.63) is 11.8 Å². The smallest absolute Gasteiger partial charge is 0.410 e. The van der Waals surface area contributed by atoms with Gasteiger partial charge in [-0.25, -0.2) is 14.0 Å². The number of alkyl halides is 1. The highest BCUT2D eigenvalue weighted by Crippen LogP contribution is 2.28. The van der Waals surface area contributed by atoms with Gasteiger partial charge < -0.3 is 35.0 Å². The first-order chi connectivity index (χ1) is 19.8. The minimum absolute atomic E-state index is 0.00116. The molecule has 3 fully saturated rings. The number of anilines is 2. The van der Waals surface area contributed by atoms with Gasteiger partial charge in [-0.15, -0.1) is 0 Å². The molecule has 0 radical (unpaired) electrons. The average Bonchev–Trinajstić information content (AvgIpc) is 3.51. The lowest BCUT2D eigenvalue weighted by molar-refractivity contribution is -0.0784. The molecular weight excluding hydrogens is 549 g/mol. The second kappa shape index (κ2) is 11.7. The van der Waals surface area contributed by atoms with Gasteiger partial charge in [-0.1, -0.05) is 13.8 Å². The number of carbonyl (C=O) groups excluding carboxylic acids is 2. The highest BCUT2D eigenvalue weighted by atomic mass is 19.1. The molecule has 14 nitrogen and oxygen atoms in total. The normalized spacial score (nSPS) is 22.8. The monoisotopic (exact) mass is 591 g/mol. The number of halogens is 1. The van der Waals surface area contributed by atoms with E-state index in [1.807, 2.05) is 0 Å². The predicted octanol–water partition coefficient (Wildman–Crippen LogP) is 2.31. The number of hydrogen-bond acceptors (Lipinski definition) is 11. The molecule has 5 heterocycles. The van der Waals surface area contributed by atoms with E-state index in [0.29, 0.717) is 56.4 Å². The second-order valence-electron chi connectivity index (χ2n) is 12.8. The van der Waals surface area contributed by atoms with E-state index in [0.717, 1.165) is 5.56 Å². The maximum absolute atomic E-state index is 14.9. The quantitative estimate of drug-likeness (QED) is 0.374. The third-order valence-corrected chi connectivity index (χ3v) is 7.60. The molecule has 2 amide bonds. The van der Waals surface area contributed by atoms with Gasteiger partial charge >= 0.3 is 12.2 Å². The third kappa shape index (κ3) is 6.94. The van der Waals surface area contributed by atoms with Crippen LogP contribution in [0.15, 0.2) is 6.20 Å². The summed E-state index contributed by atoms with van der Waals surface area (Å²) in [4.78, 5) is 37.0. The first kappa shape index (κ1) is 30.0. The molecule has 2 aromatic heterocycles. The molecule has 5 rings (SSSR count). The molecule has 0 aliphatic carbocycles. The van der Waals surface area contributed by atoms with Gasteiger partial charge in [0, 0.05) is 43.7 Å². The Labute approximate surface area is 244 Å². The molecule has 2 aromatic rings. The van der Waals surface area contributed by atoms with Gasteiger partial charge in [0.1, 0.15) is 18.4 Å². The molecule has 0 spiro atoms. The maximum atomic E-state index is 14.9. The van der Waals surface area contributed by atoms with Crippen LogP contribution in [0.3, 0.4) is 0 Å². The molecule has 0 saturated carbocycles. The van der Waals surface area contributed by atoms with Gasteiger partial charge in [0.05, 0.1) is 19.3 Å². The SMILES string of the molecule is CC(C)c1cnn2c(NC3CCN(C(=O)OCC4(F)CN(C(=O)OC(C)(C)C)C4)CC3)nc(N[C@@H]3CN[C@@H](O)C3)nc12. The predicted molar refractivity (Wildman–Crippen MR) is 152 cm³/mol. The molecule has 2 atom stereocenters. The third-order valence-electron chi connectivity index (χ3n) is 7.60. The fraction of sp³-hybridized carbons (Fsp3) is 0.741. The summed E-state index contributed by atoms with van der Waals surface area (Å²) >= 11 is 0. The molecule has 3 saturated heterocycles. The van der Waals surface area contributed by atoms with Crippen molar-refractivity contribution in [3.63, 3.8) is 0 Å². The fourth-order valence-electron chi connectivity index (χ4n) is 5.32. The van der Waals surface area contributed by atoms with Crippen LogP contribution < -0.4 is 16.0 Å². The van der Waals surface area contributed by atoms with Crippen LogP contribution in [0.5, 0.6) is 0 Å². The number of fused-ring (bicyclic) bond motifs is 1. The van der Waals surface area contributed by atoms with E-state index in [2.05, 4.69) is 34.9 Å². The number of hydrogen-bond donors (Lipinski definition) is 4. The topological polar surface area (TPSA) is 158 Å². The van der Waals surface area contributed by atoms with E-state index in [1.165, 1.54) is 4.90 Å². The summed E-state index contributed by atoms with van der Waals surface area (Å²) in [7, 11) is 0. The van der Waals surface area contributed by atoms with Crippen molar-refractivity contribution in [2.24, 2.45) is 0 Å². The Hall–Kier alpha value is -3.46. The molecule has 42 heavy (non-hydrogen) atoms. The fourth-order valence-corrected chi connectivity index (χ4v) is 5.32. The molecule has 0 unspecified atom stereocenters. The summed E-state index contributed by atoms with van der Waals surface area (Å²) in [6.07, 6.45) is 1.91. The van der Waals surface area contributed by atoms with Crippen LogP contribution in [-0.4, -0.2) is 116 Å². The van der Waals surface area contributed by atoms with Crippen LogP contribution in [0, 0.1) is 0 Å². The molecule has 232 valence electrons. The van der Waals surface area contributed by atoms with Crippen LogP contribution in [0.1, 0.15) is 65.4 Å². The largest absolute Gasteiger partial charge is 0.446 e. The highest BCUT2D eigenvalue weighted by Gasteiger charge is 2.48. The number of carbonyl (C=O) groups is 2. The molecule has 15 heteroatoms. The lowest BCUT2D eigenvalue weighted by Gasteiger charge is -2.44. The molecule has 4 N–H and O–H groups in total. The molecule has 0 aromatic carbocycles. The first-order valence-corrected chi connectivity index (χ1v) is 14.6. The van der Waals surface area contributed by atoms with Gasteiger partial charge in [0.25, 0.3) is 0 Å². The summed E-state index contributed by atoms with van der Waals surface area (Å²) in [6, 6.07) is 0.0157. The zero-order valence-corrected chi connectivity index (χ0v) is 24.9. The Morgan fingerprint density at radius 2 is 1.86 bits per heavy atom. The number of likely N-dealkylation sites (tertiary alicyclic amines) is 2. The van der Waals surface area contributed by atoms with Crippen molar-refractivity contribution in [3.8, 4) is 0 Å². The van der Waals surface area contributed by atoms with Crippen molar-refractivity contribution in [2.45, 2.75) is 89.4 Å². The Morgan fingerprint density at radius 3 is 2.48 bits per heavy atom. The Balaban J connectivity index is 1.14. The summed E-state index contributed by atoms with van der Waals surface area (Å²) < 4.78 is 27.2. The number of aliphatic hydroxyl groups excluding tert-OH is 1. The molecular formula is C27H42FN9O5. The summed E-state index contributed by atoms with van der Waals surface area (Å²) in [6.45, 7) is 10.1. The number of rotatable bonds is 7. The molecule has 3 aliphatic rings. The lowest BCUT2D eigenvalue weighted by atomic mass is 9.98. The van der Waals surface area contributed by atoms with Crippen LogP contribution in [0.2, 0.25) is 0 Å². The zero-order chi connectivity index (χ0) is 30.2. The number of aliphatic hydroxyl groups is 1. The van der Waals surface area contributed by atoms with Gasteiger partial charge in [-0.2, -0.15) is 19.6 Å². The highest BCUT2D eigenvalue weighted by molar-refractivity contribution is 5.70. The van der Waals surface area contributed by atoms with Crippen molar-refractivity contribution in [2.75, 3.05) is 50.0 Å². The Bertz CT molecular complexity index is 1280. The number of ether oxygens (including phenoxy) is 2. The van der Waals surface area contributed by atoms with Gasteiger partial charge in [0.15, 0.2) is 11.3 Å². The van der Waals surface area contributed by atoms with E-state index in [1.54, 1.807) is 36.4 Å². The number of nitrogens with one attached hydrogen (secondary N) is 3. The van der Waals surface area contributed by atoms with Crippen LogP contribution >= 0.6 is 0 Å². The minimum atomic E-state index is -1.78. The number of amides is 2. The summed E-state index contributed by atoms with van der Waals surface area (Å²) in [5, 5.41) is 24.1. The summed E-state index contributed by atoms with van der Waals surface area (Å²) in [5.74, 6) is 1.21. The van der Waals surface area contributed by atoms with Gasteiger partial charge in [0.2, 0.25) is 11.9 Å². The number of nitrogens with zero attached hydrogens (tertiary/aromatic N) is 6. The first-order valence-electron chi connectivity index (χ1n) is 14.6.